The van der Waals surface area contributed by atoms with E-state index in [4.69, 9.17) is 10.00 Å². The summed E-state index contributed by atoms with van der Waals surface area (Å²) in [5.74, 6) is 0.897. The molecule has 2 aromatic rings. The van der Waals surface area contributed by atoms with Crippen LogP contribution in [-0.2, 0) is 13.5 Å². The molecule has 0 atom stereocenters. The predicted molar refractivity (Wildman–Crippen MR) is 72.8 cm³/mol. The number of nitriles is 1. The molecule has 0 aliphatic rings. The molecule has 1 aromatic carbocycles. The van der Waals surface area contributed by atoms with Crippen molar-refractivity contribution in [1.29, 1.82) is 5.26 Å². The molecule has 0 N–H and O–H groups in total. The van der Waals surface area contributed by atoms with Crippen molar-refractivity contribution >= 4 is 10.9 Å². The smallest absolute Gasteiger partial charge is 0.120 e. The fourth-order valence-electron chi connectivity index (χ4n) is 2.38. The van der Waals surface area contributed by atoms with Crippen LogP contribution in [0.4, 0.5) is 0 Å². The molecule has 0 spiro atoms. The van der Waals surface area contributed by atoms with Gasteiger partial charge >= 0.3 is 0 Å². The minimum Gasteiger partial charge on any atom is -0.494 e. The van der Waals surface area contributed by atoms with Gasteiger partial charge in [0.1, 0.15) is 5.75 Å². The van der Waals surface area contributed by atoms with E-state index < -0.39 is 0 Å². The highest BCUT2D eigenvalue weighted by atomic mass is 16.5. The van der Waals surface area contributed by atoms with E-state index in [2.05, 4.69) is 36.7 Å². The number of aryl methyl sites for hydroxylation is 2. The third-order valence-corrected chi connectivity index (χ3v) is 3.39. The van der Waals surface area contributed by atoms with Gasteiger partial charge in [0.2, 0.25) is 0 Å². The zero-order chi connectivity index (χ0) is 13.1. The Kier molecular flexibility index (Phi) is 3.57. The number of nitrogens with zero attached hydrogens (tertiary/aromatic N) is 2. The molecule has 2 rings (SSSR count). The molecule has 0 bridgehead atoms. The second kappa shape index (κ2) is 5.14. The monoisotopic (exact) mass is 242 g/mol. The molecular weight excluding hydrogens is 224 g/mol. The van der Waals surface area contributed by atoms with Crippen LogP contribution in [0.2, 0.25) is 0 Å². The third-order valence-electron chi connectivity index (χ3n) is 3.39. The maximum absolute atomic E-state index is 8.75. The molecule has 0 saturated heterocycles. The highest BCUT2D eigenvalue weighted by Crippen LogP contribution is 2.29. The van der Waals surface area contributed by atoms with Crippen molar-refractivity contribution in [3.05, 3.63) is 29.5 Å². The number of hydrogen-bond acceptors (Lipinski definition) is 2. The molecule has 0 fully saturated rings. The van der Waals surface area contributed by atoms with Gasteiger partial charge in [-0.15, -0.1) is 0 Å². The summed E-state index contributed by atoms with van der Waals surface area (Å²) in [4.78, 5) is 0. The van der Waals surface area contributed by atoms with Crippen LogP contribution >= 0.6 is 0 Å². The lowest BCUT2D eigenvalue weighted by molar-refractivity contribution is 0.340. The summed E-state index contributed by atoms with van der Waals surface area (Å²) in [6, 6.07) is 8.38. The van der Waals surface area contributed by atoms with E-state index in [0.29, 0.717) is 13.0 Å². The second-order valence-corrected chi connectivity index (χ2v) is 4.39. The molecular formula is C15H18N2O. The Balaban J connectivity index is 2.56. The normalized spacial score (nSPS) is 10.6. The Labute approximate surface area is 108 Å². The number of hydrogen-bond donors (Lipinski definition) is 0. The summed E-state index contributed by atoms with van der Waals surface area (Å²) < 4.78 is 7.73. The zero-order valence-corrected chi connectivity index (χ0v) is 11.2. The Hall–Kier alpha value is -1.95. The number of fused-ring (bicyclic) bond motifs is 1. The topological polar surface area (TPSA) is 37.9 Å². The van der Waals surface area contributed by atoms with Crippen molar-refractivity contribution in [2.75, 3.05) is 6.61 Å². The zero-order valence-electron chi connectivity index (χ0n) is 11.2. The first-order valence-corrected chi connectivity index (χ1v) is 6.26. The summed E-state index contributed by atoms with van der Waals surface area (Å²) in [7, 11) is 2.06. The van der Waals surface area contributed by atoms with Gasteiger partial charge in [0.25, 0.3) is 0 Å². The molecule has 0 aliphatic carbocycles. The standard InChI is InChI=1S/C15H18N2O/c1-4-18-12-7-8-15-14(10-12)13(6-5-9-16)11(2)17(15)3/h7-8,10H,4-6H2,1-3H3. The minimum absolute atomic E-state index is 0.554. The Morgan fingerprint density at radius 1 is 1.39 bits per heavy atom. The van der Waals surface area contributed by atoms with Crippen LogP contribution in [0.1, 0.15) is 24.6 Å². The first kappa shape index (κ1) is 12.5. The maximum Gasteiger partial charge on any atom is 0.120 e. The molecule has 18 heavy (non-hydrogen) atoms. The summed E-state index contributed by atoms with van der Waals surface area (Å²) in [6.07, 6.45) is 1.36. The van der Waals surface area contributed by atoms with Crippen molar-refractivity contribution in [2.24, 2.45) is 7.05 Å². The van der Waals surface area contributed by atoms with Crippen LogP contribution in [0, 0.1) is 18.3 Å². The predicted octanol–water partition coefficient (Wildman–Crippen LogP) is 3.34. The molecule has 94 valence electrons. The van der Waals surface area contributed by atoms with Crippen LogP contribution < -0.4 is 4.74 Å². The molecule has 0 saturated carbocycles. The average molecular weight is 242 g/mol. The summed E-state index contributed by atoms with van der Waals surface area (Å²) in [5.41, 5.74) is 3.69. The van der Waals surface area contributed by atoms with Crippen LogP contribution in [0.15, 0.2) is 18.2 Å². The first-order chi connectivity index (χ1) is 8.69. The second-order valence-electron chi connectivity index (χ2n) is 4.39. The first-order valence-electron chi connectivity index (χ1n) is 6.26. The van der Waals surface area contributed by atoms with E-state index in [1.54, 1.807) is 0 Å². The molecule has 1 heterocycles. The quantitative estimate of drug-likeness (QED) is 0.824. The average Bonchev–Trinajstić information content (AvgIpc) is 2.60. The van der Waals surface area contributed by atoms with E-state index in [1.807, 2.05) is 13.0 Å². The lowest BCUT2D eigenvalue weighted by atomic mass is 10.1. The van der Waals surface area contributed by atoms with Gasteiger partial charge in [-0.1, -0.05) is 0 Å². The van der Waals surface area contributed by atoms with Gasteiger partial charge in [0, 0.05) is 30.1 Å². The van der Waals surface area contributed by atoms with E-state index >= 15 is 0 Å². The van der Waals surface area contributed by atoms with Gasteiger partial charge in [-0.2, -0.15) is 5.26 Å². The summed E-state index contributed by atoms with van der Waals surface area (Å²) in [6.45, 7) is 4.76. The molecule has 0 radical (unpaired) electrons. The fraction of sp³-hybridized carbons (Fsp3) is 0.400. The summed E-state index contributed by atoms with van der Waals surface area (Å²) in [5, 5.41) is 9.96. The number of aromatic nitrogens is 1. The minimum atomic E-state index is 0.554. The van der Waals surface area contributed by atoms with Crippen molar-refractivity contribution in [2.45, 2.75) is 26.7 Å². The van der Waals surface area contributed by atoms with E-state index in [1.165, 1.54) is 22.2 Å². The SMILES string of the molecule is CCOc1ccc2c(c1)c(CCC#N)c(C)n2C. The van der Waals surface area contributed by atoms with Gasteiger partial charge in [-0.05, 0) is 44.0 Å². The molecule has 0 unspecified atom stereocenters. The highest BCUT2D eigenvalue weighted by Gasteiger charge is 2.12. The largest absolute Gasteiger partial charge is 0.494 e. The van der Waals surface area contributed by atoms with Gasteiger partial charge in [0.05, 0.1) is 12.7 Å². The van der Waals surface area contributed by atoms with Crippen LogP contribution in [0.25, 0.3) is 10.9 Å². The maximum atomic E-state index is 8.75. The molecule has 0 amide bonds. The van der Waals surface area contributed by atoms with Crippen LogP contribution in [0.3, 0.4) is 0 Å². The molecule has 3 nitrogen and oxygen atoms in total. The van der Waals surface area contributed by atoms with Crippen LogP contribution in [0.5, 0.6) is 5.75 Å². The highest BCUT2D eigenvalue weighted by molar-refractivity contribution is 5.86. The Morgan fingerprint density at radius 2 is 2.17 bits per heavy atom. The van der Waals surface area contributed by atoms with Gasteiger partial charge < -0.3 is 9.30 Å². The number of ether oxygens (including phenoxy) is 1. The molecule has 1 aromatic heterocycles. The van der Waals surface area contributed by atoms with Crippen LogP contribution in [-0.4, -0.2) is 11.2 Å². The lowest BCUT2D eigenvalue weighted by Crippen LogP contribution is -1.92. The van der Waals surface area contributed by atoms with Gasteiger partial charge in [-0.25, -0.2) is 0 Å². The summed E-state index contributed by atoms with van der Waals surface area (Å²) >= 11 is 0. The molecule has 3 heteroatoms. The van der Waals surface area contributed by atoms with E-state index in [-0.39, 0.29) is 0 Å². The molecule has 0 aliphatic heterocycles. The number of rotatable bonds is 4. The number of benzene rings is 1. The van der Waals surface area contributed by atoms with Crippen molar-refractivity contribution in [3.8, 4) is 11.8 Å². The van der Waals surface area contributed by atoms with Crippen molar-refractivity contribution in [1.82, 2.24) is 4.57 Å². The van der Waals surface area contributed by atoms with Crippen molar-refractivity contribution < 1.29 is 4.74 Å². The van der Waals surface area contributed by atoms with Gasteiger partial charge in [0.15, 0.2) is 0 Å². The van der Waals surface area contributed by atoms with Gasteiger partial charge in [-0.3, -0.25) is 0 Å². The fourth-order valence-corrected chi connectivity index (χ4v) is 2.38. The third kappa shape index (κ3) is 2.06. The lowest BCUT2D eigenvalue weighted by Gasteiger charge is -2.03. The Bertz CT molecular complexity index is 605. The Morgan fingerprint density at radius 3 is 2.83 bits per heavy atom. The van der Waals surface area contributed by atoms with Crippen molar-refractivity contribution in [3.63, 3.8) is 0 Å². The van der Waals surface area contributed by atoms with E-state index in [9.17, 15) is 0 Å². The van der Waals surface area contributed by atoms with E-state index in [0.717, 1.165) is 12.2 Å².